The molecule has 0 saturated heterocycles. The average molecular weight is 471 g/mol. The minimum absolute atomic E-state index is 0.105. The summed E-state index contributed by atoms with van der Waals surface area (Å²) in [6.45, 7) is 2.10. The summed E-state index contributed by atoms with van der Waals surface area (Å²) >= 11 is 1.63. The highest BCUT2D eigenvalue weighted by molar-refractivity contribution is 7.99. The molecule has 0 saturated carbocycles. The number of hydrogen-bond donors (Lipinski definition) is 1. The van der Waals surface area contributed by atoms with Crippen molar-refractivity contribution in [3.05, 3.63) is 84.4 Å². The normalized spacial score (nSPS) is 11.1. The number of aryl methyl sites for hydroxylation is 1. The third-order valence-electron chi connectivity index (χ3n) is 4.69. The van der Waals surface area contributed by atoms with Crippen LogP contribution in [0.4, 0.5) is 5.69 Å². The Kier molecular flexibility index (Phi) is 8.19. The van der Waals surface area contributed by atoms with Crippen LogP contribution in [0.5, 0.6) is 5.75 Å². The maximum absolute atomic E-state index is 13.4. The fourth-order valence-electron chi connectivity index (χ4n) is 3.04. The lowest BCUT2D eigenvalue weighted by molar-refractivity contribution is -0.119. The molecule has 1 N–H and O–H groups in total. The summed E-state index contributed by atoms with van der Waals surface area (Å²) in [6.07, 6.45) is 0. The molecule has 0 atom stereocenters. The number of nitrogens with zero attached hydrogens (tertiary/aromatic N) is 1. The Morgan fingerprint density at radius 2 is 1.62 bits per heavy atom. The number of carbonyl (C=O) groups is 1. The van der Waals surface area contributed by atoms with Crippen molar-refractivity contribution < 1.29 is 17.9 Å². The first kappa shape index (κ1) is 23.7. The minimum atomic E-state index is -3.97. The number of rotatable bonds is 10. The van der Waals surface area contributed by atoms with Gasteiger partial charge in [-0.2, -0.15) is 0 Å². The third kappa shape index (κ3) is 6.05. The van der Waals surface area contributed by atoms with Crippen molar-refractivity contribution in [2.24, 2.45) is 0 Å². The number of amides is 1. The number of para-hydroxylation sites is 2. The van der Waals surface area contributed by atoms with Crippen molar-refractivity contribution in [3.63, 3.8) is 0 Å². The number of nitrogens with one attached hydrogen (secondary N) is 1. The SMILES string of the molecule is COc1ccccc1N(CC(=O)NCCSc1ccc(C)cc1)S(=O)(=O)c1ccccc1. The molecule has 1 amide bonds. The van der Waals surface area contributed by atoms with Crippen LogP contribution in [-0.2, 0) is 14.8 Å². The molecule has 3 aromatic carbocycles. The molecule has 0 aliphatic heterocycles. The van der Waals surface area contributed by atoms with Crippen LogP contribution in [0.2, 0.25) is 0 Å². The number of ether oxygens (including phenoxy) is 1. The Balaban J connectivity index is 1.72. The van der Waals surface area contributed by atoms with Gasteiger partial charge in [-0.05, 0) is 43.3 Å². The van der Waals surface area contributed by atoms with Crippen LogP contribution in [0.1, 0.15) is 5.56 Å². The highest BCUT2D eigenvalue weighted by atomic mass is 32.2. The second-order valence-electron chi connectivity index (χ2n) is 7.01. The van der Waals surface area contributed by atoms with E-state index in [4.69, 9.17) is 4.74 Å². The highest BCUT2D eigenvalue weighted by Gasteiger charge is 2.29. The second kappa shape index (κ2) is 11.1. The van der Waals surface area contributed by atoms with E-state index in [0.29, 0.717) is 23.7 Å². The molecule has 0 unspecified atom stereocenters. The van der Waals surface area contributed by atoms with Crippen LogP contribution in [-0.4, -0.2) is 40.3 Å². The molecule has 6 nitrogen and oxygen atoms in total. The first-order valence-corrected chi connectivity index (χ1v) is 12.5. The number of sulfonamides is 1. The van der Waals surface area contributed by atoms with E-state index in [9.17, 15) is 13.2 Å². The maximum Gasteiger partial charge on any atom is 0.264 e. The molecule has 0 radical (unpaired) electrons. The van der Waals surface area contributed by atoms with E-state index in [1.807, 2.05) is 31.2 Å². The predicted molar refractivity (Wildman–Crippen MR) is 129 cm³/mol. The molecule has 0 aromatic heterocycles. The molecular weight excluding hydrogens is 444 g/mol. The minimum Gasteiger partial charge on any atom is -0.495 e. The number of carbonyl (C=O) groups excluding carboxylic acids is 1. The molecule has 0 aliphatic rings. The van der Waals surface area contributed by atoms with Gasteiger partial charge in [-0.1, -0.05) is 48.0 Å². The monoisotopic (exact) mass is 470 g/mol. The van der Waals surface area contributed by atoms with Crippen molar-refractivity contribution in [1.82, 2.24) is 5.32 Å². The molecule has 0 bridgehead atoms. The van der Waals surface area contributed by atoms with E-state index < -0.39 is 10.0 Å². The fraction of sp³-hybridized carbons (Fsp3) is 0.208. The summed E-state index contributed by atoms with van der Waals surface area (Å²) in [5.74, 6) is 0.657. The van der Waals surface area contributed by atoms with Gasteiger partial charge in [0.25, 0.3) is 10.0 Å². The summed E-state index contributed by atoms with van der Waals surface area (Å²) in [4.78, 5) is 13.9. The van der Waals surface area contributed by atoms with Crippen LogP contribution in [0.3, 0.4) is 0 Å². The van der Waals surface area contributed by atoms with Gasteiger partial charge in [0.2, 0.25) is 5.91 Å². The maximum atomic E-state index is 13.4. The van der Waals surface area contributed by atoms with Crippen molar-refractivity contribution in [2.45, 2.75) is 16.7 Å². The summed E-state index contributed by atoms with van der Waals surface area (Å²) in [5, 5.41) is 2.82. The van der Waals surface area contributed by atoms with Gasteiger partial charge < -0.3 is 10.1 Å². The summed E-state index contributed by atoms with van der Waals surface area (Å²) in [6, 6.07) is 23.0. The summed E-state index contributed by atoms with van der Waals surface area (Å²) in [7, 11) is -2.51. The Morgan fingerprint density at radius 3 is 2.31 bits per heavy atom. The number of thioether (sulfide) groups is 1. The van der Waals surface area contributed by atoms with Crippen LogP contribution >= 0.6 is 11.8 Å². The van der Waals surface area contributed by atoms with Gasteiger partial charge in [0, 0.05) is 17.2 Å². The quantitative estimate of drug-likeness (QED) is 0.357. The van der Waals surface area contributed by atoms with Gasteiger partial charge in [-0.25, -0.2) is 8.42 Å². The van der Waals surface area contributed by atoms with Gasteiger partial charge in [-0.3, -0.25) is 9.10 Å². The smallest absolute Gasteiger partial charge is 0.264 e. The average Bonchev–Trinajstić information content (AvgIpc) is 2.82. The lowest BCUT2D eigenvalue weighted by Gasteiger charge is -2.25. The van der Waals surface area contributed by atoms with Crippen molar-refractivity contribution >= 4 is 33.4 Å². The molecule has 3 aromatic rings. The first-order valence-electron chi connectivity index (χ1n) is 10.1. The van der Waals surface area contributed by atoms with Gasteiger partial charge >= 0.3 is 0 Å². The van der Waals surface area contributed by atoms with Gasteiger partial charge in [0.1, 0.15) is 12.3 Å². The zero-order chi connectivity index (χ0) is 23.0. The van der Waals surface area contributed by atoms with Gasteiger partial charge in [0.15, 0.2) is 0 Å². The third-order valence-corrected chi connectivity index (χ3v) is 7.47. The summed E-state index contributed by atoms with van der Waals surface area (Å²) < 4.78 is 33.2. The number of hydrogen-bond acceptors (Lipinski definition) is 5. The van der Waals surface area contributed by atoms with Crippen LogP contribution < -0.4 is 14.4 Å². The van der Waals surface area contributed by atoms with Crippen LogP contribution in [0.15, 0.2) is 88.7 Å². The summed E-state index contributed by atoms with van der Waals surface area (Å²) in [5.41, 5.74) is 1.50. The molecule has 8 heteroatoms. The Labute approximate surface area is 193 Å². The van der Waals surface area contributed by atoms with E-state index in [-0.39, 0.29) is 17.3 Å². The van der Waals surface area contributed by atoms with Crippen molar-refractivity contribution in [1.29, 1.82) is 0 Å². The van der Waals surface area contributed by atoms with Gasteiger partial charge in [-0.15, -0.1) is 11.8 Å². The van der Waals surface area contributed by atoms with E-state index in [1.54, 1.807) is 54.2 Å². The van der Waals surface area contributed by atoms with Gasteiger partial charge in [0.05, 0.1) is 17.7 Å². The standard InChI is InChI=1S/C24H26N2O4S2/c1-19-12-14-20(15-13-19)31-17-16-25-24(27)18-26(22-10-6-7-11-23(22)30-2)32(28,29)21-8-4-3-5-9-21/h3-15H,16-18H2,1-2H3,(H,25,27). The zero-order valence-corrected chi connectivity index (χ0v) is 19.7. The molecule has 0 heterocycles. The van der Waals surface area contributed by atoms with Crippen LogP contribution in [0.25, 0.3) is 0 Å². The molecule has 3 rings (SSSR count). The molecule has 0 fully saturated rings. The lowest BCUT2D eigenvalue weighted by Crippen LogP contribution is -2.41. The van der Waals surface area contributed by atoms with Crippen molar-refractivity contribution in [3.8, 4) is 5.75 Å². The van der Waals surface area contributed by atoms with E-state index in [1.165, 1.54) is 24.8 Å². The molecule has 0 aliphatic carbocycles. The number of benzene rings is 3. The van der Waals surface area contributed by atoms with E-state index in [0.717, 1.165) is 9.20 Å². The Bertz CT molecular complexity index is 1130. The Morgan fingerprint density at radius 1 is 0.969 bits per heavy atom. The van der Waals surface area contributed by atoms with E-state index in [2.05, 4.69) is 5.32 Å². The van der Waals surface area contributed by atoms with E-state index >= 15 is 0 Å². The number of anilines is 1. The highest BCUT2D eigenvalue weighted by Crippen LogP contribution is 2.32. The zero-order valence-electron chi connectivity index (χ0n) is 18.0. The molecule has 168 valence electrons. The molecule has 32 heavy (non-hydrogen) atoms. The Hall–Kier alpha value is -2.97. The first-order chi connectivity index (χ1) is 15.4. The molecule has 0 spiro atoms. The molecular formula is C24H26N2O4S2. The van der Waals surface area contributed by atoms with Crippen molar-refractivity contribution in [2.75, 3.05) is 30.3 Å². The topological polar surface area (TPSA) is 75.7 Å². The number of methoxy groups -OCH3 is 1. The predicted octanol–water partition coefficient (Wildman–Crippen LogP) is 4.11. The fourth-order valence-corrected chi connectivity index (χ4v) is 5.26. The van der Waals surface area contributed by atoms with Crippen LogP contribution in [0, 0.1) is 6.92 Å². The second-order valence-corrected chi connectivity index (χ2v) is 10.0. The lowest BCUT2D eigenvalue weighted by atomic mass is 10.2. The largest absolute Gasteiger partial charge is 0.495 e.